The van der Waals surface area contributed by atoms with Crippen LogP contribution in [-0.2, 0) is 19.3 Å². The number of aryl methyl sites for hydroxylation is 3. The number of hydrogen-bond donors (Lipinski definition) is 1. The van der Waals surface area contributed by atoms with Gasteiger partial charge in [0.2, 0.25) is 0 Å². The molecule has 5 heteroatoms. The Bertz CT molecular complexity index is 850. The summed E-state index contributed by atoms with van der Waals surface area (Å²) in [6.45, 7) is 4.07. The lowest BCUT2D eigenvalue weighted by Crippen LogP contribution is -2.07. The Kier molecular flexibility index (Phi) is 3.06. The highest BCUT2D eigenvalue weighted by molar-refractivity contribution is 5.64. The van der Waals surface area contributed by atoms with Crippen LogP contribution in [0.5, 0.6) is 0 Å². The molecule has 1 aliphatic carbocycles. The molecule has 5 nitrogen and oxygen atoms in total. The van der Waals surface area contributed by atoms with Gasteiger partial charge in [-0.25, -0.2) is 4.98 Å². The molecule has 0 atom stereocenters. The van der Waals surface area contributed by atoms with Crippen LogP contribution in [0.1, 0.15) is 36.0 Å². The van der Waals surface area contributed by atoms with Crippen molar-refractivity contribution in [3.63, 3.8) is 0 Å². The van der Waals surface area contributed by atoms with E-state index < -0.39 is 0 Å². The molecule has 112 valence electrons. The van der Waals surface area contributed by atoms with Gasteiger partial charge in [0, 0.05) is 11.3 Å². The molecule has 0 radical (unpaired) electrons. The molecular formula is C17H19N5. The Morgan fingerprint density at radius 3 is 3.00 bits per heavy atom. The van der Waals surface area contributed by atoms with Crippen LogP contribution in [0.15, 0.2) is 24.3 Å². The number of hydrogen-bond acceptors (Lipinski definition) is 4. The zero-order valence-corrected chi connectivity index (χ0v) is 12.9. The van der Waals surface area contributed by atoms with Crippen LogP contribution in [0.3, 0.4) is 0 Å². The highest BCUT2D eigenvalue weighted by Crippen LogP contribution is 2.30. The van der Waals surface area contributed by atoms with Crippen molar-refractivity contribution in [3.05, 3.63) is 46.9 Å². The molecule has 0 saturated carbocycles. The molecule has 0 fully saturated rings. The van der Waals surface area contributed by atoms with Gasteiger partial charge in [0.05, 0.1) is 5.69 Å². The summed E-state index contributed by atoms with van der Waals surface area (Å²) < 4.78 is 1.85. The summed E-state index contributed by atoms with van der Waals surface area (Å²) in [6.07, 6.45) is 4.26. The lowest BCUT2D eigenvalue weighted by molar-refractivity contribution is 0.899. The summed E-state index contributed by atoms with van der Waals surface area (Å²) in [6, 6.07) is 8.53. The van der Waals surface area contributed by atoms with Crippen LogP contribution >= 0.6 is 0 Å². The molecule has 0 spiro atoms. The van der Waals surface area contributed by atoms with Crippen molar-refractivity contribution in [2.75, 3.05) is 5.32 Å². The van der Waals surface area contributed by atoms with Gasteiger partial charge in [-0.3, -0.25) is 0 Å². The fourth-order valence-electron chi connectivity index (χ4n) is 3.12. The molecule has 1 aromatic carbocycles. The predicted molar refractivity (Wildman–Crippen MR) is 86.6 cm³/mol. The third-order valence-corrected chi connectivity index (χ3v) is 4.22. The van der Waals surface area contributed by atoms with Gasteiger partial charge in [-0.15, -0.1) is 5.10 Å². The average molecular weight is 293 g/mol. The average Bonchev–Trinajstić information content (AvgIpc) is 3.12. The Balaban J connectivity index is 1.86. The Morgan fingerprint density at radius 1 is 1.23 bits per heavy atom. The molecule has 0 aliphatic heterocycles. The second-order valence-electron chi connectivity index (χ2n) is 5.79. The fraction of sp³-hybridized carbons (Fsp3) is 0.353. The molecular weight excluding hydrogens is 274 g/mol. The molecule has 0 bridgehead atoms. The molecule has 0 amide bonds. The van der Waals surface area contributed by atoms with Crippen LogP contribution in [0.25, 0.3) is 5.78 Å². The maximum absolute atomic E-state index is 4.66. The molecule has 1 aliphatic rings. The lowest BCUT2D eigenvalue weighted by atomic mass is 10.1. The van der Waals surface area contributed by atoms with Gasteiger partial charge < -0.3 is 5.32 Å². The van der Waals surface area contributed by atoms with Crippen molar-refractivity contribution in [2.45, 2.75) is 39.5 Å². The molecule has 0 unspecified atom stereocenters. The van der Waals surface area contributed by atoms with E-state index in [0.717, 1.165) is 48.7 Å². The minimum Gasteiger partial charge on any atom is -0.340 e. The molecule has 1 N–H and O–H groups in total. The third-order valence-electron chi connectivity index (χ3n) is 4.22. The molecule has 2 aromatic heterocycles. The number of nitrogens with zero attached hydrogens (tertiary/aromatic N) is 4. The van der Waals surface area contributed by atoms with Gasteiger partial charge in [0.25, 0.3) is 5.78 Å². The summed E-state index contributed by atoms with van der Waals surface area (Å²) in [4.78, 5) is 9.09. The first-order valence-electron chi connectivity index (χ1n) is 7.85. The normalized spacial score (nSPS) is 13.5. The quantitative estimate of drug-likeness (QED) is 0.805. The van der Waals surface area contributed by atoms with Crippen molar-refractivity contribution in [1.82, 2.24) is 19.6 Å². The van der Waals surface area contributed by atoms with Crippen molar-refractivity contribution < 1.29 is 0 Å². The molecule has 0 saturated heterocycles. The van der Waals surface area contributed by atoms with E-state index in [1.165, 1.54) is 11.1 Å². The van der Waals surface area contributed by atoms with Crippen molar-refractivity contribution in [1.29, 1.82) is 0 Å². The second-order valence-corrected chi connectivity index (χ2v) is 5.79. The summed E-state index contributed by atoms with van der Waals surface area (Å²) >= 11 is 0. The number of benzene rings is 1. The highest BCUT2D eigenvalue weighted by Gasteiger charge is 2.21. The number of nitrogens with one attached hydrogen (secondary N) is 1. The summed E-state index contributed by atoms with van der Waals surface area (Å²) in [5.74, 6) is 2.46. The summed E-state index contributed by atoms with van der Waals surface area (Å²) in [5.41, 5.74) is 4.85. The largest absolute Gasteiger partial charge is 0.340 e. The van der Waals surface area contributed by atoms with E-state index in [0.29, 0.717) is 5.78 Å². The Morgan fingerprint density at radius 2 is 2.14 bits per heavy atom. The SMILES string of the molecule is CCc1cccc(Nc2c3c(nc4nc(C)nn24)CCC3)c1. The van der Waals surface area contributed by atoms with E-state index in [4.69, 9.17) is 0 Å². The van der Waals surface area contributed by atoms with Gasteiger partial charge in [0.15, 0.2) is 0 Å². The van der Waals surface area contributed by atoms with E-state index in [1.807, 2.05) is 11.4 Å². The lowest BCUT2D eigenvalue weighted by Gasteiger charge is -2.13. The topological polar surface area (TPSA) is 55.1 Å². The zero-order chi connectivity index (χ0) is 15.1. The Labute approximate surface area is 129 Å². The zero-order valence-electron chi connectivity index (χ0n) is 12.9. The van der Waals surface area contributed by atoms with Crippen LogP contribution in [-0.4, -0.2) is 19.6 Å². The summed E-state index contributed by atoms with van der Waals surface area (Å²) in [7, 11) is 0. The Hall–Kier alpha value is -2.43. The molecule has 4 rings (SSSR count). The smallest absolute Gasteiger partial charge is 0.254 e. The van der Waals surface area contributed by atoms with Gasteiger partial charge >= 0.3 is 0 Å². The van der Waals surface area contributed by atoms with Crippen LogP contribution in [0.4, 0.5) is 11.5 Å². The molecule has 2 heterocycles. The van der Waals surface area contributed by atoms with E-state index in [2.05, 4.69) is 51.6 Å². The van der Waals surface area contributed by atoms with Gasteiger partial charge in [-0.2, -0.15) is 9.50 Å². The monoisotopic (exact) mass is 293 g/mol. The van der Waals surface area contributed by atoms with Gasteiger partial charge in [0.1, 0.15) is 11.6 Å². The number of anilines is 2. The standard InChI is InChI=1S/C17H19N5/c1-3-12-6-4-7-13(10-12)19-16-14-8-5-9-15(14)20-17-18-11(2)21-22(16)17/h4,6-7,10,19H,3,5,8-9H2,1-2H3. The first kappa shape index (κ1) is 13.2. The maximum atomic E-state index is 4.66. The van der Waals surface area contributed by atoms with Gasteiger partial charge in [-0.1, -0.05) is 19.1 Å². The summed E-state index contributed by atoms with van der Waals surface area (Å²) in [5, 5.41) is 8.07. The van der Waals surface area contributed by atoms with E-state index in [-0.39, 0.29) is 0 Å². The first-order chi connectivity index (χ1) is 10.7. The first-order valence-corrected chi connectivity index (χ1v) is 7.85. The van der Waals surface area contributed by atoms with Crippen molar-refractivity contribution in [2.24, 2.45) is 0 Å². The van der Waals surface area contributed by atoms with Crippen LogP contribution < -0.4 is 5.32 Å². The fourth-order valence-corrected chi connectivity index (χ4v) is 3.12. The van der Waals surface area contributed by atoms with E-state index >= 15 is 0 Å². The number of rotatable bonds is 3. The second kappa shape index (κ2) is 5.09. The minimum atomic E-state index is 0.687. The van der Waals surface area contributed by atoms with Crippen molar-refractivity contribution in [3.8, 4) is 0 Å². The molecule has 3 aromatic rings. The highest BCUT2D eigenvalue weighted by atomic mass is 15.4. The predicted octanol–water partition coefficient (Wildman–Crippen LogP) is 3.23. The van der Waals surface area contributed by atoms with Gasteiger partial charge in [-0.05, 0) is 50.3 Å². The third kappa shape index (κ3) is 2.13. The maximum Gasteiger partial charge on any atom is 0.254 e. The minimum absolute atomic E-state index is 0.687. The van der Waals surface area contributed by atoms with E-state index in [9.17, 15) is 0 Å². The van der Waals surface area contributed by atoms with Crippen LogP contribution in [0.2, 0.25) is 0 Å². The number of aromatic nitrogens is 4. The van der Waals surface area contributed by atoms with E-state index in [1.54, 1.807) is 0 Å². The van der Waals surface area contributed by atoms with Crippen LogP contribution in [0, 0.1) is 6.92 Å². The molecule has 22 heavy (non-hydrogen) atoms. The van der Waals surface area contributed by atoms with Crippen molar-refractivity contribution >= 4 is 17.3 Å². The number of fused-ring (bicyclic) bond motifs is 2.